The van der Waals surface area contributed by atoms with Crippen molar-refractivity contribution in [2.45, 2.75) is 32.2 Å². The quantitative estimate of drug-likeness (QED) is 0.764. The summed E-state index contributed by atoms with van der Waals surface area (Å²) >= 11 is 0. The topological polar surface area (TPSA) is 55.1 Å². The van der Waals surface area contributed by atoms with Crippen LogP contribution in [0.3, 0.4) is 0 Å². The molecule has 2 aliphatic carbocycles. The Hall–Kier alpha value is -1.51. The van der Waals surface area contributed by atoms with Crippen LogP contribution in [0.15, 0.2) is 18.2 Å². The summed E-state index contributed by atoms with van der Waals surface area (Å²) in [6, 6.07) is 6.20. The van der Waals surface area contributed by atoms with Crippen LogP contribution in [-0.2, 0) is 11.2 Å². The van der Waals surface area contributed by atoms with Gasteiger partial charge in [-0.3, -0.25) is 4.79 Å². The summed E-state index contributed by atoms with van der Waals surface area (Å²) in [4.78, 5) is 11.9. The van der Waals surface area contributed by atoms with E-state index in [1.54, 1.807) is 0 Å². The number of nitrogens with one attached hydrogen (secondary N) is 1. The van der Waals surface area contributed by atoms with Crippen molar-refractivity contribution in [3.8, 4) is 0 Å². The molecule has 1 amide bonds. The van der Waals surface area contributed by atoms with Gasteiger partial charge in [0.15, 0.2) is 0 Å². The largest absolute Gasteiger partial charge is 0.399 e. The SMILES string of the molecule is CC1CC1C(=O)NC1CCc2cc(N)ccc21. The van der Waals surface area contributed by atoms with Crippen molar-refractivity contribution in [3.63, 3.8) is 0 Å². The lowest BCUT2D eigenvalue weighted by Gasteiger charge is -2.14. The Morgan fingerprint density at radius 2 is 2.24 bits per heavy atom. The molecule has 90 valence electrons. The lowest BCUT2D eigenvalue weighted by atomic mass is 10.1. The summed E-state index contributed by atoms with van der Waals surface area (Å²) in [6.45, 7) is 2.13. The van der Waals surface area contributed by atoms with Gasteiger partial charge in [0.05, 0.1) is 6.04 Å². The molecule has 3 unspecified atom stereocenters. The summed E-state index contributed by atoms with van der Waals surface area (Å²) in [5.74, 6) is 1.06. The highest BCUT2D eigenvalue weighted by atomic mass is 16.2. The summed E-state index contributed by atoms with van der Waals surface area (Å²) in [7, 11) is 0. The zero-order valence-corrected chi connectivity index (χ0v) is 10.1. The van der Waals surface area contributed by atoms with E-state index in [1.807, 2.05) is 12.1 Å². The van der Waals surface area contributed by atoms with Gasteiger partial charge in [0.2, 0.25) is 5.91 Å². The number of nitrogen functional groups attached to an aromatic ring is 1. The molecular formula is C14H18N2O. The van der Waals surface area contributed by atoms with Gasteiger partial charge in [-0.1, -0.05) is 13.0 Å². The second-order valence-electron chi connectivity index (χ2n) is 5.38. The predicted octanol–water partition coefficient (Wildman–Crippen LogP) is 2.03. The van der Waals surface area contributed by atoms with Gasteiger partial charge in [0, 0.05) is 11.6 Å². The van der Waals surface area contributed by atoms with Gasteiger partial charge in [-0.2, -0.15) is 0 Å². The average molecular weight is 230 g/mol. The van der Waals surface area contributed by atoms with Crippen LogP contribution in [0.25, 0.3) is 0 Å². The number of carbonyl (C=O) groups is 1. The van der Waals surface area contributed by atoms with Crippen LogP contribution in [0, 0.1) is 11.8 Å². The standard InChI is InChI=1S/C14H18N2O/c1-8-6-12(8)14(17)16-13-5-2-9-7-10(15)3-4-11(9)13/h3-4,7-8,12-13H,2,5-6,15H2,1H3,(H,16,17). The van der Waals surface area contributed by atoms with Crippen LogP contribution < -0.4 is 11.1 Å². The van der Waals surface area contributed by atoms with Gasteiger partial charge in [-0.25, -0.2) is 0 Å². The molecule has 1 aromatic carbocycles. The molecule has 0 aliphatic heterocycles. The van der Waals surface area contributed by atoms with Crippen LogP contribution in [0.2, 0.25) is 0 Å². The highest BCUT2D eigenvalue weighted by Crippen LogP contribution is 2.39. The molecule has 0 spiro atoms. The van der Waals surface area contributed by atoms with Crippen molar-refractivity contribution in [3.05, 3.63) is 29.3 Å². The number of aryl methyl sites for hydroxylation is 1. The van der Waals surface area contributed by atoms with Crippen molar-refractivity contribution >= 4 is 11.6 Å². The number of rotatable bonds is 2. The second kappa shape index (κ2) is 3.76. The number of hydrogen-bond donors (Lipinski definition) is 2. The van der Waals surface area contributed by atoms with E-state index >= 15 is 0 Å². The number of amides is 1. The van der Waals surface area contributed by atoms with E-state index in [-0.39, 0.29) is 17.9 Å². The smallest absolute Gasteiger partial charge is 0.223 e. The van der Waals surface area contributed by atoms with E-state index in [0.29, 0.717) is 5.92 Å². The molecule has 0 aromatic heterocycles. The maximum atomic E-state index is 11.9. The van der Waals surface area contributed by atoms with Crippen LogP contribution in [0.4, 0.5) is 5.69 Å². The van der Waals surface area contributed by atoms with Gasteiger partial charge in [-0.15, -0.1) is 0 Å². The van der Waals surface area contributed by atoms with Crippen LogP contribution in [-0.4, -0.2) is 5.91 Å². The molecule has 1 aromatic rings. The minimum Gasteiger partial charge on any atom is -0.399 e. The average Bonchev–Trinajstić information content (AvgIpc) is 2.90. The first kappa shape index (κ1) is 10.6. The van der Waals surface area contributed by atoms with Crippen molar-refractivity contribution < 1.29 is 4.79 Å². The fourth-order valence-corrected chi connectivity index (χ4v) is 2.75. The van der Waals surface area contributed by atoms with Crippen molar-refractivity contribution in [1.82, 2.24) is 5.32 Å². The lowest BCUT2D eigenvalue weighted by molar-refractivity contribution is -0.123. The number of benzene rings is 1. The summed E-state index contributed by atoms with van der Waals surface area (Å²) in [6.07, 6.45) is 3.07. The van der Waals surface area contributed by atoms with E-state index in [2.05, 4.69) is 18.3 Å². The molecule has 3 heteroatoms. The van der Waals surface area contributed by atoms with Crippen molar-refractivity contribution in [2.75, 3.05) is 5.73 Å². The Morgan fingerprint density at radius 3 is 2.94 bits per heavy atom. The predicted molar refractivity (Wildman–Crippen MR) is 67.3 cm³/mol. The molecule has 3 rings (SSSR count). The van der Waals surface area contributed by atoms with Gasteiger partial charge in [0.1, 0.15) is 0 Å². The molecule has 0 radical (unpaired) electrons. The van der Waals surface area contributed by atoms with Crippen molar-refractivity contribution in [2.24, 2.45) is 11.8 Å². The third-order valence-electron chi connectivity index (χ3n) is 4.01. The first-order chi connectivity index (χ1) is 8.15. The van der Waals surface area contributed by atoms with Gasteiger partial charge in [0.25, 0.3) is 0 Å². The maximum Gasteiger partial charge on any atom is 0.223 e. The normalized spacial score (nSPS) is 29.8. The number of fused-ring (bicyclic) bond motifs is 1. The van der Waals surface area contributed by atoms with E-state index in [0.717, 1.165) is 24.9 Å². The Balaban J connectivity index is 1.73. The second-order valence-corrected chi connectivity index (χ2v) is 5.38. The molecule has 0 bridgehead atoms. The van der Waals surface area contributed by atoms with Gasteiger partial charge < -0.3 is 11.1 Å². The van der Waals surface area contributed by atoms with Gasteiger partial charge >= 0.3 is 0 Å². The third-order valence-corrected chi connectivity index (χ3v) is 4.01. The molecule has 17 heavy (non-hydrogen) atoms. The van der Waals surface area contributed by atoms with Crippen LogP contribution >= 0.6 is 0 Å². The minimum absolute atomic E-state index is 0.200. The molecular weight excluding hydrogens is 212 g/mol. The van der Waals surface area contributed by atoms with E-state index in [9.17, 15) is 4.79 Å². The lowest BCUT2D eigenvalue weighted by Crippen LogP contribution is -2.28. The molecule has 1 fully saturated rings. The Morgan fingerprint density at radius 1 is 1.47 bits per heavy atom. The van der Waals surface area contributed by atoms with E-state index in [4.69, 9.17) is 5.73 Å². The number of hydrogen-bond acceptors (Lipinski definition) is 2. The first-order valence-electron chi connectivity index (χ1n) is 6.34. The van der Waals surface area contributed by atoms with Gasteiger partial charge in [-0.05, 0) is 48.4 Å². The van der Waals surface area contributed by atoms with Crippen LogP contribution in [0.5, 0.6) is 0 Å². The summed E-state index contributed by atoms with van der Waals surface area (Å²) in [5, 5.41) is 3.17. The first-order valence-corrected chi connectivity index (χ1v) is 6.34. The highest BCUT2D eigenvalue weighted by Gasteiger charge is 2.40. The Kier molecular flexibility index (Phi) is 2.35. The number of nitrogens with two attached hydrogens (primary N) is 1. The summed E-state index contributed by atoms with van der Waals surface area (Å²) in [5.41, 5.74) is 9.12. The Bertz CT molecular complexity index is 469. The third kappa shape index (κ3) is 1.90. The fraction of sp³-hybridized carbons (Fsp3) is 0.500. The number of carbonyl (C=O) groups excluding carboxylic acids is 1. The highest BCUT2D eigenvalue weighted by molar-refractivity contribution is 5.82. The molecule has 3 nitrogen and oxygen atoms in total. The zero-order chi connectivity index (χ0) is 12.0. The van der Waals surface area contributed by atoms with E-state index in [1.165, 1.54) is 11.1 Å². The molecule has 0 saturated heterocycles. The fourth-order valence-electron chi connectivity index (χ4n) is 2.75. The summed E-state index contributed by atoms with van der Waals surface area (Å²) < 4.78 is 0. The molecule has 0 heterocycles. The molecule has 3 atom stereocenters. The molecule has 2 aliphatic rings. The van der Waals surface area contributed by atoms with Crippen LogP contribution in [0.1, 0.15) is 36.9 Å². The molecule has 3 N–H and O–H groups in total. The maximum absolute atomic E-state index is 11.9. The monoisotopic (exact) mass is 230 g/mol. The zero-order valence-electron chi connectivity index (χ0n) is 10.1. The number of anilines is 1. The Labute approximate surface area is 101 Å². The minimum atomic E-state index is 0.200. The van der Waals surface area contributed by atoms with Crippen molar-refractivity contribution in [1.29, 1.82) is 0 Å². The van der Waals surface area contributed by atoms with E-state index < -0.39 is 0 Å². The molecule has 1 saturated carbocycles.